The number of ether oxygens (including phenoxy) is 1. The molecule has 112 valence electrons. The molecule has 0 atom stereocenters. The van der Waals surface area contributed by atoms with Crippen LogP contribution < -0.4 is 5.73 Å². The van der Waals surface area contributed by atoms with E-state index in [4.69, 9.17) is 22.7 Å². The van der Waals surface area contributed by atoms with Gasteiger partial charge in [-0.05, 0) is 40.2 Å². The van der Waals surface area contributed by atoms with Crippen molar-refractivity contribution in [2.45, 2.75) is 58.9 Å². The summed E-state index contributed by atoms with van der Waals surface area (Å²) in [6.07, 6.45) is 4.35. The molecular weight excluding hydrogens is 260 g/mol. The maximum absolute atomic E-state index is 11.2. The molecular formula is C14H28N2O2S. The fourth-order valence-electron chi connectivity index (χ4n) is 1.88. The molecule has 0 aliphatic rings. The lowest BCUT2D eigenvalue weighted by Gasteiger charge is -2.26. The van der Waals surface area contributed by atoms with E-state index in [2.05, 4.69) is 18.7 Å². The van der Waals surface area contributed by atoms with Crippen molar-refractivity contribution in [3.63, 3.8) is 0 Å². The van der Waals surface area contributed by atoms with Crippen molar-refractivity contribution in [2.24, 2.45) is 5.73 Å². The lowest BCUT2D eigenvalue weighted by molar-refractivity contribution is -0.143. The summed E-state index contributed by atoms with van der Waals surface area (Å²) in [5.74, 6) is -0.0864. The molecule has 0 rings (SSSR count). The van der Waals surface area contributed by atoms with Crippen LogP contribution in [0.1, 0.15) is 52.9 Å². The van der Waals surface area contributed by atoms with Crippen LogP contribution in [0.4, 0.5) is 0 Å². The SMILES string of the molecule is CCOC(=O)CCCCCN(CCC(N)=S)C(C)C. The van der Waals surface area contributed by atoms with Gasteiger partial charge in [0.05, 0.1) is 11.6 Å². The van der Waals surface area contributed by atoms with Gasteiger partial charge >= 0.3 is 5.97 Å². The van der Waals surface area contributed by atoms with Crippen molar-refractivity contribution >= 4 is 23.2 Å². The number of rotatable bonds is 11. The van der Waals surface area contributed by atoms with E-state index in [9.17, 15) is 4.79 Å². The number of hydrogen-bond donors (Lipinski definition) is 1. The van der Waals surface area contributed by atoms with Gasteiger partial charge in [0, 0.05) is 25.4 Å². The highest BCUT2D eigenvalue weighted by Crippen LogP contribution is 2.06. The number of nitrogens with two attached hydrogens (primary N) is 1. The first-order chi connectivity index (χ1) is 8.97. The maximum atomic E-state index is 11.2. The Labute approximate surface area is 122 Å². The second-order valence-corrected chi connectivity index (χ2v) is 5.49. The molecule has 0 aromatic carbocycles. The molecule has 19 heavy (non-hydrogen) atoms. The normalized spacial score (nSPS) is 11.0. The third-order valence-electron chi connectivity index (χ3n) is 3.01. The van der Waals surface area contributed by atoms with Gasteiger partial charge in [-0.3, -0.25) is 4.79 Å². The predicted octanol–water partition coefficient (Wildman–Crippen LogP) is 2.50. The number of thiocarbonyl (C=S) groups is 1. The van der Waals surface area contributed by atoms with Gasteiger partial charge in [-0.2, -0.15) is 0 Å². The van der Waals surface area contributed by atoms with E-state index in [1.54, 1.807) is 0 Å². The Morgan fingerprint density at radius 3 is 2.42 bits per heavy atom. The van der Waals surface area contributed by atoms with Gasteiger partial charge in [0.1, 0.15) is 0 Å². The number of unbranched alkanes of at least 4 members (excludes halogenated alkanes) is 2. The summed E-state index contributed by atoms with van der Waals surface area (Å²) in [6.45, 7) is 8.61. The molecule has 0 unspecified atom stereocenters. The monoisotopic (exact) mass is 288 g/mol. The largest absolute Gasteiger partial charge is 0.466 e. The average molecular weight is 288 g/mol. The van der Waals surface area contributed by atoms with Crippen molar-refractivity contribution in [3.8, 4) is 0 Å². The zero-order valence-electron chi connectivity index (χ0n) is 12.5. The number of nitrogens with zero attached hydrogens (tertiary/aromatic N) is 1. The van der Waals surface area contributed by atoms with Gasteiger partial charge in [-0.15, -0.1) is 0 Å². The lowest BCUT2D eigenvalue weighted by Crippen LogP contribution is -2.34. The Hall–Kier alpha value is -0.680. The van der Waals surface area contributed by atoms with Crippen LogP contribution in [-0.2, 0) is 9.53 Å². The second kappa shape index (κ2) is 11.2. The fraction of sp³-hybridized carbons (Fsp3) is 0.857. The summed E-state index contributed by atoms with van der Waals surface area (Å²) in [6, 6.07) is 0.499. The minimum Gasteiger partial charge on any atom is -0.466 e. The van der Waals surface area contributed by atoms with Crippen LogP contribution >= 0.6 is 12.2 Å². The number of carbonyl (C=O) groups excluding carboxylic acids is 1. The van der Waals surface area contributed by atoms with Crippen LogP contribution in [0.5, 0.6) is 0 Å². The Bertz CT molecular complexity index is 270. The lowest BCUT2D eigenvalue weighted by atomic mass is 10.1. The molecule has 0 fully saturated rings. The van der Waals surface area contributed by atoms with Gasteiger partial charge in [-0.25, -0.2) is 0 Å². The number of carbonyl (C=O) groups is 1. The molecule has 0 heterocycles. The van der Waals surface area contributed by atoms with Crippen LogP contribution in [0.3, 0.4) is 0 Å². The molecule has 0 aromatic heterocycles. The van der Waals surface area contributed by atoms with Crippen molar-refractivity contribution in [2.75, 3.05) is 19.7 Å². The molecule has 0 saturated heterocycles. The van der Waals surface area contributed by atoms with Crippen LogP contribution in [0.2, 0.25) is 0 Å². The minimum atomic E-state index is -0.0864. The fourth-order valence-corrected chi connectivity index (χ4v) is 1.97. The summed E-state index contributed by atoms with van der Waals surface area (Å²) >= 11 is 4.91. The molecule has 0 aliphatic heterocycles. The maximum Gasteiger partial charge on any atom is 0.305 e. The standard InChI is InChI=1S/C14H28N2O2S/c1-4-18-14(17)8-6-5-7-10-16(12(2)3)11-9-13(15)19/h12H,4-11H2,1-3H3,(H2,15,19). The van der Waals surface area contributed by atoms with E-state index >= 15 is 0 Å². The Morgan fingerprint density at radius 2 is 1.89 bits per heavy atom. The van der Waals surface area contributed by atoms with E-state index in [1.165, 1.54) is 0 Å². The zero-order chi connectivity index (χ0) is 14.7. The number of hydrogen-bond acceptors (Lipinski definition) is 4. The molecule has 0 bridgehead atoms. The van der Waals surface area contributed by atoms with Crippen LogP contribution in [0, 0.1) is 0 Å². The van der Waals surface area contributed by atoms with E-state index in [1.807, 2.05) is 6.92 Å². The molecule has 0 aromatic rings. The summed E-state index contributed by atoms with van der Waals surface area (Å²) in [7, 11) is 0. The molecule has 5 heteroatoms. The van der Waals surface area contributed by atoms with E-state index in [-0.39, 0.29) is 5.97 Å². The zero-order valence-corrected chi connectivity index (χ0v) is 13.3. The van der Waals surface area contributed by atoms with E-state index < -0.39 is 0 Å². The first kappa shape index (κ1) is 18.3. The molecule has 0 aliphatic carbocycles. The Morgan fingerprint density at radius 1 is 1.21 bits per heavy atom. The highest BCUT2D eigenvalue weighted by atomic mass is 32.1. The highest BCUT2D eigenvalue weighted by molar-refractivity contribution is 7.80. The molecule has 0 saturated carbocycles. The van der Waals surface area contributed by atoms with Gasteiger partial charge in [-0.1, -0.05) is 18.6 Å². The summed E-state index contributed by atoms with van der Waals surface area (Å²) in [5, 5.41) is 0. The van der Waals surface area contributed by atoms with Crippen molar-refractivity contribution in [1.82, 2.24) is 4.90 Å². The van der Waals surface area contributed by atoms with Crippen LogP contribution in [0.15, 0.2) is 0 Å². The molecule has 2 N–H and O–H groups in total. The van der Waals surface area contributed by atoms with E-state index in [0.717, 1.165) is 38.8 Å². The third kappa shape index (κ3) is 10.9. The number of esters is 1. The minimum absolute atomic E-state index is 0.0864. The highest BCUT2D eigenvalue weighted by Gasteiger charge is 2.09. The second-order valence-electron chi connectivity index (χ2n) is 4.96. The van der Waals surface area contributed by atoms with Gasteiger partial charge < -0.3 is 15.4 Å². The third-order valence-corrected chi connectivity index (χ3v) is 3.21. The van der Waals surface area contributed by atoms with Crippen LogP contribution in [0.25, 0.3) is 0 Å². The topological polar surface area (TPSA) is 55.6 Å². The molecule has 0 amide bonds. The van der Waals surface area contributed by atoms with Gasteiger partial charge in [0.25, 0.3) is 0 Å². The molecule has 0 spiro atoms. The van der Waals surface area contributed by atoms with Crippen LogP contribution in [-0.4, -0.2) is 41.6 Å². The Balaban J connectivity index is 3.69. The van der Waals surface area contributed by atoms with Crippen molar-refractivity contribution < 1.29 is 9.53 Å². The molecule has 4 nitrogen and oxygen atoms in total. The first-order valence-corrected chi connectivity index (χ1v) is 7.56. The summed E-state index contributed by atoms with van der Waals surface area (Å²) < 4.78 is 4.90. The van der Waals surface area contributed by atoms with Crippen molar-refractivity contribution in [3.05, 3.63) is 0 Å². The summed E-state index contributed by atoms with van der Waals surface area (Å²) in [5.41, 5.74) is 5.53. The quantitative estimate of drug-likeness (QED) is 0.360. The summed E-state index contributed by atoms with van der Waals surface area (Å²) in [4.78, 5) is 14.1. The van der Waals surface area contributed by atoms with Gasteiger partial charge in [0.2, 0.25) is 0 Å². The smallest absolute Gasteiger partial charge is 0.305 e. The Kier molecular flexibility index (Phi) is 10.8. The predicted molar refractivity (Wildman–Crippen MR) is 83.2 cm³/mol. The van der Waals surface area contributed by atoms with Gasteiger partial charge in [0.15, 0.2) is 0 Å². The molecule has 0 radical (unpaired) electrons. The average Bonchev–Trinajstić information content (AvgIpc) is 2.32. The first-order valence-electron chi connectivity index (χ1n) is 7.15. The van der Waals surface area contributed by atoms with Crippen molar-refractivity contribution in [1.29, 1.82) is 0 Å². The van der Waals surface area contributed by atoms with E-state index in [0.29, 0.717) is 24.1 Å².